The number of aryl methyl sites for hydroxylation is 6. The van der Waals surface area contributed by atoms with Gasteiger partial charge in [-0.1, -0.05) is 35.4 Å². The first-order valence-electron chi connectivity index (χ1n) is 12.7. The average Bonchev–Trinajstić information content (AvgIpc) is 2.74. The summed E-state index contributed by atoms with van der Waals surface area (Å²) in [5.41, 5.74) is 8.42. The normalized spacial score (nSPS) is 14.9. The van der Waals surface area contributed by atoms with Crippen LogP contribution in [-0.4, -0.2) is 34.2 Å². The summed E-state index contributed by atoms with van der Waals surface area (Å²) in [6.07, 6.45) is 2.84. The Balaban J connectivity index is 3.01. The van der Waals surface area contributed by atoms with Crippen molar-refractivity contribution in [1.29, 1.82) is 0 Å². The number of carbonyl (C=O) groups is 2. The van der Waals surface area contributed by atoms with Gasteiger partial charge in [0.15, 0.2) is 11.6 Å². The number of nitrogens with zero attached hydrogens (tertiary/aromatic N) is 2. The Morgan fingerprint density at radius 1 is 0.605 bits per heavy atom. The molecule has 0 amide bonds. The van der Waals surface area contributed by atoms with Gasteiger partial charge in [0, 0.05) is 12.4 Å². The van der Waals surface area contributed by atoms with Crippen LogP contribution in [-0.2, 0) is 9.59 Å². The summed E-state index contributed by atoms with van der Waals surface area (Å²) in [6, 6.07) is 7.15. The van der Waals surface area contributed by atoms with Crippen LogP contribution in [0.5, 0.6) is 0 Å². The number of hydrogen-bond acceptors (Lipinski definition) is 6. The number of carbonyl (C=O) groups excluding carboxylic acids is 2. The number of ketones is 2. The quantitative estimate of drug-likeness (QED) is 0.207. The lowest BCUT2D eigenvalue weighted by Gasteiger charge is -2.28. The van der Waals surface area contributed by atoms with E-state index in [4.69, 9.17) is 9.98 Å². The zero-order valence-electron chi connectivity index (χ0n) is 24.2. The highest BCUT2D eigenvalue weighted by molar-refractivity contribution is 6.13. The van der Waals surface area contributed by atoms with Crippen LogP contribution in [0, 0.1) is 41.5 Å². The predicted molar refractivity (Wildman–Crippen MR) is 156 cm³/mol. The highest BCUT2D eigenvalue weighted by Crippen LogP contribution is 2.41. The minimum absolute atomic E-state index is 0.113. The summed E-state index contributed by atoms with van der Waals surface area (Å²) in [6.45, 7) is 17.8. The summed E-state index contributed by atoms with van der Waals surface area (Å²) >= 11 is 0. The number of Topliss-reactive ketones (excluding diaryl/α,β-unsaturated/α-hetero) is 2. The zero-order chi connectivity index (χ0) is 28.9. The van der Waals surface area contributed by atoms with E-state index in [-0.39, 0.29) is 34.2 Å². The lowest BCUT2D eigenvalue weighted by Crippen LogP contribution is -2.16. The molecule has 38 heavy (non-hydrogen) atoms. The van der Waals surface area contributed by atoms with Crippen molar-refractivity contribution in [3.05, 3.63) is 91.4 Å². The lowest BCUT2D eigenvalue weighted by molar-refractivity contribution is -0.114. The Labute approximate surface area is 226 Å². The van der Waals surface area contributed by atoms with Gasteiger partial charge in [-0.3, -0.25) is 19.6 Å². The first-order chi connectivity index (χ1) is 17.6. The molecule has 0 aliphatic rings. The van der Waals surface area contributed by atoms with E-state index in [0.717, 1.165) is 44.5 Å². The summed E-state index contributed by atoms with van der Waals surface area (Å²) < 4.78 is 0. The predicted octanol–water partition coefficient (Wildman–Crippen LogP) is 7.30. The van der Waals surface area contributed by atoms with E-state index in [1.165, 1.54) is 40.1 Å². The number of aliphatic imine (C=N–C) groups is 2. The van der Waals surface area contributed by atoms with Crippen molar-refractivity contribution < 1.29 is 19.8 Å². The lowest BCUT2D eigenvalue weighted by atomic mass is 9.84. The third kappa shape index (κ3) is 7.15. The number of allylic oxidation sites excluding steroid dienone is 4. The number of rotatable bonds is 9. The van der Waals surface area contributed by atoms with Gasteiger partial charge in [-0.25, -0.2) is 0 Å². The highest BCUT2D eigenvalue weighted by atomic mass is 16.3. The van der Waals surface area contributed by atoms with Crippen LogP contribution in [0.15, 0.2) is 56.9 Å². The van der Waals surface area contributed by atoms with Gasteiger partial charge >= 0.3 is 0 Å². The first kappa shape index (κ1) is 30.4. The molecule has 2 rings (SSSR count). The highest BCUT2D eigenvalue weighted by Gasteiger charge is 2.29. The Morgan fingerprint density at radius 3 is 1.08 bits per heavy atom. The van der Waals surface area contributed by atoms with E-state index in [2.05, 4.69) is 24.3 Å². The fraction of sp³-hybridized carbons (Fsp3) is 0.375. The molecule has 0 heterocycles. The Morgan fingerprint density at radius 2 is 0.868 bits per heavy atom. The van der Waals surface area contributed by atoms with Gasteiger partial charge in [-0.05, 0) is 103 Å². The van der Waals surface area contributed by atoms with E-state index in [1.807, 2.05) is 41.5 Å². The standard InChI is InChI=1S/C32H40N2O4/c1-17-11-19(3)29(20(4)12-17)31(33-15-27(23(7)35)24(8)36)32(34-16-28(25(9)37)26(10)38)30-21(5)13-18(2)14-22(30)6/h11-16,31-32,35,37H,1-10H3. The molecule has 0 aliphatic heterocycles. The molecule has 2 unspecified atom stereocenters. The van der Waals surface area contributed by atoms with Gasteiger partial charge in [-0.2, -0.15) is 0 Å². The fourth-order valence-electron chi connectivity index (χ4n) is 5.13. The molecule has 6 nitrogen and oxygen atoms in total. The van der Waals surface area contributed by atoms with Crippen molar-refractivity contribution in [1.82, 2.24) is 0 Å². The number of hydrogen-bond donors (Lipinski definition) is 2. The molecule has 202 valence electrons. The van der Waals surface area contributed by atoms with E-state index < -0.39 is 12.1 Å². The molecule has 2 aromatic rings. The van der Waals surface area contributed by atoms with Crippen molar-refractivity contribution in [3.8, 4) is 0 Å². The van der Waals surface area contributed by atoms with E-state index in [1.54, 1.807) is 0 Å². The summed E-state index contributed by atoms with van der Waals surface area (Å²) in [5, 5.41) is 20.3. The SMILES string of the molecule is CC(=O)C(C=NC(c1c(C)cc(C)cc1C)C(N=CC(C(C)=O)=C(C)O)c1c(C)cc(C)cc1C)=C(C)O. The van der Waals surface area contributed by atoms with Crippen molar-refractivity contribution in [2.24, 2.45) is 9.98 Å². The molecule has 0 spiro atoms. The third-order valence-corrected chi connectivity index (χ3v) is 6.63. The van der Waals surface area contributed by atoms with Crippen LogP contribution in [0.4, 0.5) is 0 Å². The third-order valence-electron chi connectivity index (χ3n) is 6.63. The largest absolute Gasteiger partial charge is 0.512 e. The van der Waals surface area contributed by atoms with E-state index in [9.17, 15) is 19.8 Å². The molecule has 0 bridgehead atoms. The summed E-state index contributed by atoms with van der Waals surface area (Å²) in [4.78, 5) is 34.3. The second-order valence-corrected chi connectivity index (χ2v) is 10.2. The van der Waals surface area contributed by atoms with Crippen molar-refractivity contribution >= 4 is 24.0 Å². The summed E-state index contributed by atoms with van der Waals surface area (Å²) in [5.74, 6) is -0.828. The number of benzene rings is 2. The molecule has 0 radical (unpaired) electrons. The molecule has 2 N–H and O–H groups in total. The van der Waals surface area contributed by atoms with Gasteiger partial charge < -0.3 is 10.2 Å². The average molecular weight is 517 g/mol. The van der Waals surface area contributed by atoms with Gasteiger partial charge in [0.1, 0.15) is 23.6 Å². The Bertz CT molecular complexity index is 1220. The minimum Gasteiger partial charge on any atom is -0.512 e. The molecule has 2 atom stereocenters. The van der Waals surface area contributed by atoms with Crippen molar-refractivity contribution in [3.63, 3.8) is 0 Å². The van der Waals surface area contributed by atoms with Gasteiger partial charge in [0.2, 0.25) is 0 Å². The zero-order valence-corrected chi connectivity index (χ0v) is 24.2. The van der Waals surface area contributed by atoms with Crippen LogP contribution in [0.25, 0.3) is 0 Å². The smallest absolute Gasteiger partial charge is 0.164 e. The second kappa shape index (κ2) is 12.6. The number of aliphatic hydroxyl groups excluding tert-OH is 2. The van der Waals surface area contributed by atoms with Crippen molar-refractivity contribution in [2.45, 2.75) is 81.3 Å². The monoisotopic (exact) mass is 516 g/mol. The minimum atomic E-state index is -0.590. The Hall–Kier alpha value is -3.80. The fourth-order valence-corrected chi connectivity index (χ4v) is 5.13. The van der Waals surface area contributed by atoms with Gasteiger partial charge in [0.05, 0.1) is 11.1 Å². The molecular weight excluding hydrogens is 476 g/mol. The summed E-state index contributed by atoms with van der Waals surface area (Å²) in [7, 11) is 0. The van der Waals surface area contributed by atoms with Crippen LogP contribution in [0.2, 0.25) is 0 Å². The van der Waals surface area contributed by atoms with Gasteiger partial charge in [-0.15, -0.1) is 0 Å². The van der Waals surface area contributed by atoms with Gasteiger partial charge in [0.25, 0.3) is 0 Å². The molecule has 0 fully saturated rings. The molecule has 2 aromatic carbocycles. The van der Waals surface area contributed by atoms with Crippen LogP contribution in [0.3, 0.4) is 0 Å². The first-order valence-corrected chi connectivity index (χ1v) is 12.7. The Kier molecular flexibility index (Phi) is 10.1. The molecule has 0 aromatic heterocycles. The second-order valence-electron chi connectivity index (χ2n) is 10.2. The van der Waals surface area contributed by atoms with E-state index in [0.29, 0.717) is 0 Å². The van der Waals surface area contributed by atoms with Crippen LogP contribution in [0.1, 0.15) is 84.3 Å². The maximum Gasteiger partial charge on any atom is 0.164 e. The van der Waals surface area contributed by atoms with E-state index >= 15 is 0 Å². The van der Waals surface area contributed by atoms with Crippen LogP contribution < -0.4 is 0 Å². The van der Waals surface area contributed by atoms with Crippen LogP contribution >= 0.6 is 0 Å². The topological polar surface area (TPSA) is 99.3 Å². The molecule has 6 heteroatoms. The molecule has 0 saturated carbocycles. The maximum atomic E-state index is 12.3. The number of aliphatic hydroxyl groups is 2. The molecule has 0 saturated heterocycles. The maximum absolute atomic E-state index is 12.3. The molecule has 0 aliphatic carbocycles. The molecular formula is C32H40N2O4. The van der Waals surface area contributed by atoms with Crippen molar-refractivity contribution in [2.75, 3.05) is 0 Å².